The summed E-state index contributed by atoms with van der Waals surface area (Å²) in [5.74, 6) is 0. The Hall–Kier alpha value is -1.68. The standard InChI is InChI=1S/C12H15N3O/c1-3-15-11(5-7-14-15)12(16)10-4-6-13-9(2)8-10/h4-8,12,16H,3H2,1-2H3. The van der Waals surface area contributed by atoms with Crippen molar-refractivity contribution in [2.75, 3.05) is 0 Å². The Morgan fingerprint density at radius 2 is 2.19 bits per heavy atom. The molecule has 2 heterocycles. The zero-order chi connectivity index (χ0) is 11.5. The van der Waals surface area contributed by atoms with E-state index in [9.17, 15) is 5.11 Å². The first-order chi connectivity index (χ1) is 7.72. The zero-order valence-corrected chi connectivity index (χ0v) is 9.46. The van der Waals surface area contributed by atoms with Crippen LogP contribution in [-0.4, -0.2) is 19.9 Å². The van der Waals surface area contributed by atoms with Crippen molar-refractivity contribution in [1.82, 2.24) is 14.8 Å². The molecule has 1 N–H and O–H groups in total. The molecule has 0 aliphatic heterocycles. The number of aromatic nitrogens is 3. The third-order valence-electron chi connectivity index (χ3n) is 2.57. The summed E-state index contributed by atoms with van der Waals surface area (Å²) in [6, 6.07) is 5.55. The van der Waals surface area contributed by atoms with Crippen LogP contribution in [-0.2, 0) is 6.54 Å². The third kappa shape index (κ3) is 1.97. The van der Waals surface area contributed by atoms with Gasteiger partial charge in [0.05, 0.1) is 5.69 Å². The first-order valence-corrected chi connectivity index (χ1v) is 5.34. The summed E-state index contributed by atoms with van der Waals surface area (Å²) in [6.07, 6.45) is 2.78. The van der Waals surface area contributed by atoms with Gasteiger partial charge in [0, 0.05) is 24.6 Å². The second kappa shape index (κ2) is 4.45. The quantitative estimate of drug-likeness (QED) is 0.851. The smallest absolute Gasteiger partial charge is 0.121 e. The summed E-state index contributed by atoms with van der Waals surface area (Å²) in [6.45, 7) is 4.66. The van der Waals surface area contributed by atoms with Crippen LogP contribution in [0.15, 0.2) is 30.6 Å². The fourth-order valence-electron chi connectivity index (χ4n) is 1.75. The van der Waals surface area contributed by atoms with Gasteiger partial charge in [0.25, 0.3) is 0 Å². The Morgan fingerprint density at radius 1 is 1.38 bits per heavy atom. The highest BCUT2D eigenvalue weighted by Crippen LogP contribution is 2.21. The van der Waals surface area contributed by atoms with E-state index in [1.807, 2.05) is 32.0 Å². The Kier molecular flexibility index (Phi) is 3.01. The van der Waals surface area contributed by atoms with Gasteiger partial charge in [-0.2, -0.15) is 5.10 Å². The van der Waals surface area contributed by atoms with E-state index in [4.69, 9.17) is 0 Å². The van der Waals surface area contributed by atoms with Crippen LogP contribution >= 0.6 is 0 Å². The van der Waals surface area contributed by atoms with Crippen LogP contribution < -0.4 is 0 Å². The highest BCUT2D eigenvalue weighted by molar-refractivity contribution is 5.25. The van der Waals surface area contributed by atoms with Crippen LogP contribution in [0.3, 0.4) is 0 Å². The molecule has 0 bridgehead atoms. The van der Waals surface area contributed by atoms with Gasteiger partial charge in [-0.3, -0.25) is 9.67 Å². The Balaban J connectivity index is 2.35. The predicted octanol–water partition coefficient (Wildman–Crippen LogP) is 1.69. The van der Waals surface area contributed by atoms with Crippen molar-refractivity contribution < 1.29 is 5.11 Å². The molecule has 0 amide bonds. The van der Waals surface area contributed by atoms with Gasteiger partial charge in [-0.1, -0.05) is 0 Å². The monoisotopic (exact) mass is 217 g/mol. The van der Waals surface area contributed by atoms with Gasteiger partial charge in [-0.05, 0) is 37.6 Å². The summed E-state index contributed by atoms with van der Waals surface area (Å²) < 4.78 is 1.79. The van der Waals surface area contributed by atoms with E-state index in [-0.39, 0.29) is 0 Å². The lowest BCUT2D eigenvalue weighted by atomic mass is 10.1. The number of hydrogen-bond donors (Lipinski definition) is 1. The molecular weight excluding hydrogens is 202 g/mol. The van der Waals surface area contributed by atoms with E-state index in [2.05, 4.69) is 10.1 Å². The molecular formula is C12H15N3O. The molecule has 0 aliphatic rings. The van der Waals surface area contributed by atoms with E-state index in [1.165, 1.54) is 0 Å². The minimum absolute atomic E-state index is 0.635. The van der Waals surface area contributed by atoms with E-state index < -0.39 is 6.10 Å². The molecule has 4 heteroatoms. The van der Waals surface area contributed by atoms with Gasteiger partial charge >= 0.3 is 0 Å². The predicted molar refractivity (Wildman–Crippen MR) is 60.9 cm³/mol. The molecule has 84 valence electrons. The van der Waals surface area contributed by atoms with Crippen LogP contribution in [0.5, 0.6) is 0 Å². The van der Waals surface area contributed by atoms with E-state index in [0.717, 1.165) is 23.5 Å². The van der Waals surface area contributed by atoms with Crippen molar-refractivity contribution >= 4 is 0 Å². The number of pyridine rings is 1. The number of hydrogen-bond acceptors (Lipinski definition) is 3. The fourth-order valence-corrected chi connectivity index (χ4v) is 1.75. The molecule has 0 fully saturated rings. The van der Waals surface area contributed by atoms with Crippen LogP contribution in [0.25, 0.3) is 0 Å². The SMILES string of the molecule is CCn1nccc1C(O)c1ccnc(C)c1. The molecule has 1 unspecified atom stereocenters. The molecule has 4 nitrogen and oxygen atoms in total. The highest BCUT2D eigenvalue weighted by atomic mass is 16.3. The summed E-state index contributed by atoms with van der Waals surface area (Å²) in [5.41, 5.74) is 2.56. The molecule has 2 rings (SSSR count). The number of rotatable bonds is 3. The zero-order valence-electron chi connectivity index (χ0n) is 9.46. The lowest BCUT2D eigenvalue weighted by molar-refractivity contribution is 0.208. The maximum absolute atomic E-state index is 10.2. The maximum Gasteiger partial charge on any atom is 0.121 e. The number of aliphatic hydroxyl groups is 1. The van der Waals surface area contributed by atoms with Crippen LogP contribution in [0.4, 0.5) is 0 Å². The molecule has 0 radical (unpaired) electrons. The van der Waals surface area contributed by atoms with Crippen LogP contribution in [0, 0.1) is 6.92 Å². The maximum atomic E-state index is 10.2. The van der Waals surface area contributed by atoms with Crippen molar-refractivity contribution in [3.05, 3.63) is 47.5 Å². The molecule has 0 aromatic carbocycles. The molecule has 2 aromatic heterocycles. The van der Waals surface area contributed by atoms with Crippen LogP contribution in [0.2, 0.25) is 0 Å². The lowest BCUT2D eigenvalue weighted by Crippen LogP contribution is -2.09. The van der Waals surface area contributed by atoms with E-state index in [1.54, 1.807) is 17.1 Å². The normalized spacial score (nSPS) is 12.7. The van der Waals surface area contributed by atoms with Gasteiger partial charge in [-0.15, -0.1) is 0 Å². The third-order valence-corrected chi connectivity index (χ3v) is 2.57. The number of nitrogens with zero attached hydrogens (tertiary/aromatic N) is 3. The number of aliphatic hydroxyl groups excluding tert-OH is 1. The molecule has 1 atom stereocenters. The fraction of sp³-hybridized carbons (Fsp3) is 0.333. The average molecular weight is 217 g/mol. The second-order valence-electron chi connectivity index (χ2n) is 3.70. The molecule has 0 saturated heterocycles. The molecule has 16 heavy (non-hydrogen) atoms. The average Bonchev–Trinajstić information content (AvgIpc) is 2.76. The van der Waals surface area contributed by atoms with E-state index in [0.29, 0.717) is 0 Å². The molecule has 0 aliphatic carbocycles. The summed E-state index contributed by atoms with van der Waals surface area (Å²) in [4.78, 5) is 4.11. The van der Waals surface area contributed by atoms with Gasteiger partial charge in [-0.25, -0.2) is 0 Å². The topological polar surface area (TPSA) is 50.9 Å². The van der Waals surface area contributed by atoms with Gasteiger partial charge < -0.3 is 5.11 Å². The summed E-state index contributed by atoms with van der Waals surface area (Å²) >= 11 is 0. The Morgan fingerprint density at radius 3 is 2.88 bits per heavy atom. The van der Waals surface area contributed by atoms with Crippen molar-refractivity contribution in [3.8, 4) is 0 Å². The van der Waals surface area contributed by atoms with Crippen LogP contribution in [0.1, 0.15) is 30.0 Å². The van der Waals surface area contributed by atoms with E-state index >= 15 is 0 Å². The van der Waals surface area contributed by atoms with Crippen molar-refractivity contribution in [2.24, 2.45) is 0 Å². The first kappa shape index (κ1) is 10.8. The largest absolute Gasteiger partial charge is 0.382 e. The van der Waals surface area contributed by atoms with Crippen molar-refractivity contribution in [3.63, 3.8) is 0 Å². The second-order valence-corrected chi connectivity index (χ2v) is 3.70. The van der Waals surface area contributed by atoms with Gasteiger partial charge in [0.15, 0.2) is 0 Å². The van der Waals surface area contributed by atoms with Crippen molar-refractivity contribution in [1.29, 1.82) is 0 Å². The Bertz CT molecular complexity index is 479. The van der Waals surface area contributed by atoms with Crippen molar-refractivity contribution in [2.45, 2.75) is 26.5 Å². The minimum atomic E-state index is -0.635. The lowest BCUT2D eigenvalue weighted by Gasteiger charge is -2.12. The van der Waals surface area contributed by atoms with Gasteiger partial charge in [0.2, 0.25) is 0 Å². The first-order valence-electron chi connectivity index (χ1n) is 5.34. The summed E-state index contributed by atoms with van der Waals surface area (Å²) in [7, 11) is 0. The molecule has 0 spiro atoms. The highest BCUT2D eigenvalue weighted by Gasteiger charge is 2.14. The number of aryl methyl sites for hydroxylation is 2. The van der Waals surface area contributed by atoms with Gasteiger partial charge in [0.1, 0.15) is 6.10 Å². The Labute approximate surface area is 94.6 Å². The molecule has 0 saturated carbocycles. The minimum Gasteiger partial charge on any atom is -0.382 e. The molecule has 2 aromatic rings. The summed E-state index contributed by atoms with van der Waals surface area (Å²) in [5, 5.41) is 14.4.